The molecule has 1 fully saturated rings. The molecule has 0 unspecified atom stereocenters. The summed E-state index contributed by atoms with van der Waals surface area (Å²) in [5.41, 5.74) is 0.344. The summed E-state index contributed by atoms with van der Waals surface area (Å²) in [5.74, 6) is -1.14. The summed E-state index contributed by atoms with van der Waals surface area (Å²) < 4.78 is 10.4. The van der Waals surface area contributed by atoms with Gasteiger partial charge in [0.1, 0.15) is 5.69 Å². The van der Waals surface area contributed by atoms with Gasteiger partial charge in [-0.3, -0.25) is 9.89 Å². The van der Waals surface area contributed by atoms with E-state index in [1.54, 1.807) is 11.8 Å². The number of aromatic nitrogens is 2. The van der Waals surface area contributed by atoms with Crippen molar-refractivity contribution < 1.29 is 24.2 Å². The summed E-state index contributed by atoms with van der Waals surface area (Å²) in [5, 5.41) is 14.9. The molecule has 2 rings (SSSR count). The van der Waals surface area contributed by atoms with Crippen LogP contribution in [-0.4, -0.2) is 65.0 Å². The maximum Gasteiger partial charge on any atom is 0.354 e. The minimum atomic E-state index is -1.11. The first-order chi connectivity index (χ1) is 9.09. The number of ether oxygens (including phenoxy) is 2. The Morgan fingerprint density at radius 3 is 2.74 bits per heavy atom. The number of rotatable bonds is 4. The Hall–Kier alpha value is -2.09. The maximum absolute atomic E-state index is 11.8. The Morgan fingerprint density at radius 2 is 2.16 bits per heavy atom. The van der Waals surface area contributed by atoms with Gasteiger partial charge in [0.2, 0.25) is 5.88 Å². The van der Waals surface area contributed by atoms with Crippen molar-refractivity contribution >= 4 is 11.9 Å². The first-order valence-corrected chi connectivity index (χ1v) is 5.86. The van der Waals surface area contributed by atoms with E-state index in [1.165, 1.54) is 0 Å². The van der Waals surface area contributed by atoms with E-state index in [4.69, 9.17) is 14.6 Å². The van der Waals surface area contributed by atoms with Crippen LogP contribution < -0.4 is 4.74 Å². The highest BCUT2D eigenvalue weighted by Gasteiger charge is 2.20. The molecule has 104 valence electrons. The number of aromatic amines is 1. The van der Waals surface area contributed by atoms with E-state index in [0.29, 0.717) is 31.9 Å². The molecule has 0 bridgehead atoms. The highest BCUT2D eigenvalue weighted by atomic mass is 16.5. The van der Waals surface area contributed by atoms with E-state index < -0.39 is 5.97 Å². The predicted octanol–water partition coefficient (Wildman–Crippen LogP) is -0.346. The van der Waals surface area contributed by atoms with Gasteiger partial charge in [0.15, 0.2) is 6.61 Å². The number of nitrogens with one attached hydrogen (secondary N) is 1. The molecule has 1 aromatic heterocycles. The molecule has 1 aromatic rings. The molecular formula is C11H15N3O5. The van der Waals surface area contributed by atoms with Gasteiger partial charge < -0.3 is 19.5 Å². The fourth-order valence-corrected chi connectivity index (χ4v) is 1.76. The van der Waals surface area contributed by atoms with E-state index in [-0.39, 0.29) is 24.1 Å². The molecule has 19 heavy (non-hydrogen) atoms. The number of carboxylic acids is 1. The van der Waals surface area contributed by atoms with Crippen molar-refractivity contribution in [2.45, 2.75) is 6.92 Å². The molecule has 0 saturated carbocycles. The van der Waals surface area contributed by atoms with Gasteiger partial charge in [-0.15, -0.1) is 5.10 Å². The minimum Gasteiger partial charge on any atom is -0.477 e. The van der Waals surface area contributed by atoms with Crippen molar-refractivity contribution in [1.29, 1.82) is 0 Å². The van der Waals surface area contributed by atoms with Gasteiger partial charge in [-0.05, 0) is 6.92 Å². The van der Waals surface area contributed by atoms with Gasteiger partial charge in [0.25, 0.3) is 5.91 Å². The van der Waals surface area contributed by atoms with Crippen LogP contribution in [-0.2, 0) is 9.53 Å². The Labute approximate surface area is 109 Å². The molecule has 2 N–H and O–H groups in total. The van der Waals surface area contributed by atoms with E-state index >= 15 is 0 Å². The molecule has 0 aliphatic carbocycles. The number of nitrogens with zero attached hydrogens (tertiary/aromatic N) is 2. The third-order valence-electron chi connectivity index (χ3n) is 2.88. The SMILES string of the molecule is Cc1c(OCC(=O)N2CCOCC2)n[nH]c1C(=O)O. The summed E-state index contributed by atoms with van der Waals surface area (Å²) in [7, 11) is 0. The minimum absolute atomic E-state index is 0.0335. The van der Waals surface area contributed by atoms with E-state index in [1.807, 2.05) is 0 Å². The molecular weight excluding hydrogens is 254 g/mol. The number of carboxylic acid groups (broad SMARTS) is 1. The van der Waals surface area contributed by atoms with Crippen LogP contribution in [0.4, 0.5) is 0 Å². The van der Waals surface area contributed by atoms with Crippen LogP contribution >= 0.6 is 0 Å². The lowest BCUT2D eigenvalue weighted by atomic mass is 10.3. The number of carbonyl (C=O) groups is 2. The van der Waals surface area contributed by atoms with Crippen LogP contribution in [0.25, 0.3) is 0 Å². The van der Waals surface area contributed by atoms with Crippen molar-refractivity contribution in [2.24, 2.45) is 0 Å². The number of hydrogen-bond donors (Lipinski definition) is 2. The molecule has 1 aliphatic rings. The van der Waals surface area contributed by atoms with Crippen molar-refractivity contribution in [1.82, 2.24) is 15.1 Å². The first kappa shape index (κ1) is 13.3. The van der Waals surface area contributed by atoms with E-state index in [0.717, 1.165) is 0 Å². The molecule has 1 saturated heterocycles. The van der Waals surface area contributed by atoms with Crippen molar-refractivity contribution in [3.05, 3.63) is 11.3 Å². The molecule has 8 nitrogen and oxygen atoms in total. The highest BCUT2D eigenvalue weighted by molar-refractivity contribution is 5.87. The average molecular weight is 269 g/mol. The van der Waals surface area contributed by atoms with Crippen molar-refractivity contribution in [2.75, 3.05) is 32.9 Å². The number of carbonyl (C=O) groups excluding carboxylic acids is 1. The number of aromatic carboxylic acids is 1. The molecule has 0 spiro atoms. The lowest BCUT2D eigenvalue weighted by molar-refractivity contribution is -0.137. The number of morpholine rings is 1. The maximum atomic E-state index is 11.8. The zero-order valence-electron chi connectivity index (χ0n) is 10.5. The summed E-state index contributed by atoms with van der Waals surface area (Å²) in [6.07, 6.45) is 0. The molecule has 0 atom stereocenters. The van der Waals surface area contributed by atoms with Gasteiger partial charge in [0.05, 0.1) is 13.2 Å². The normalized spacial score (nSPS) is 15.3. The summed E-state index contributed by atoms with van der Waals surface area (Å²) >= 11 is 0. The zero-order chi connectivity index (χ0) is 13.8. The molecule has 1 aliphatic heterocycles. The topological polar surface area (TPSA) is 105 Å². The molecule has 0 aromatic carbocycles. The van der Waals surface area contributed by atoms with Crippen LogP contribution in [0.1, 0.15) is 16.1 Å². The third-order valence-corrected chi connectivity index (χ3v) is 2.88. The average Bonchev–Trinajstić information content (AvgIpc) is 2.78. The number of amides is 1. The third kappa shape index (κ3) is 3.02. The Bertz CT molecular complexity index is 479. The lowest BCUT2D eigenvalue weighted by Gasteiger charge is -2.26. The summed E-state index contributed by atoms with van der Waals surface area (Å²) in [6.45, 7) is 3.54. The lowest BCUT2D eigenvalue weighted by Crippen LogP contribution is -2.43. The first-order valence-electron chi connectivity index (χ1n) is 5.86. The van der Waals surface area contributed by atoms with E-state index in [9.17, 15) is 9.59 Å². The monoisotopic (exact) mass is 269 g/mol. The Morgan fingerprint density at radius 1 is 1.47 bits per heavy atom. The van der Waals surface area contributed by atoms with Crippen LogP contribution in [0.2, 0.25) is 0 Å². The molecule has 1 amide bonds. The van der Waals surface area contributed by atoms with Gasteiger partial charge >= 0.3 is 5.97 Å². The van der Waals surface area contributed by atoms with Crippen LogP contribution in [0.3, 0.4) is 0 Å². The summed E-state index contributed by atoms with van der Waals surface area (Å²) in [4.78, 5) is 24.3. The zero-order valence-corrected chi connectivity index (χ0v) is 10.5. The van der Waals surface area contributed by atoms with Gasteiger partial charge in [0, 0.05) is 18.7 Å². The second-order valence-electron chi connectivity index (χ2n) is 4.12. The largest absolute Gasteiger partial charge is 0.477 e. The molecule has 2 heterocycles. The van der Waals surface area contributed by atoms with Gasteiger partial charge in [-0.2, -0.15) is 0 Å². The van der Waals surface area contributed by atoms with Gasteiger partial charge in [-0.25, -0.2) is 4.79 Å². The summed E-state index contributed by atoms with van der Waals surface area (Å²) in [6, 6.07) is 0. The van der Waals surface area contributed by atoms with Gasteiger partial charge in [-0.1, -0.05) is 0 Å². The number of hydrogen-bond acceptors (Lipinski definition) is 5. The van der Waals surface area contributed by atoms with Crippen molar-refractivity contribution in [3.63, 3.8) is 0 Å². The quantitative estimate of drug-likeness (QED) is 0.774. The molecule has 0 radical (unpaired) electrons. The van der Waals surface area contributed by atoms with E-state index in [2.05, 4.69) is 10.2 Å². The second kappa shape index (κ2) is 5.70. The van der Waals surface area contributed by atoms with Crippen LogP contribution in [0.15, 0.2) is 0 Å². The Kier molecular flexibility index (Phi) is 4.00. The highest BCUT2D eigenvalue weighted by Crippen LogP contribution is 2.17. The second-order valence-corrected chi connectivity index (χ2v) is 4.12. The predicted molar refractivity (Wildman–Crippen MR) is 63.2 cm³/mol. The fraction of sp³-hybridized carbons (Fsp3) is 0.545. The van der Waals surface area contributed by atoms with Crippen LogP contribution in [0.5, 0.6) is 5.88 Å². The Balaban J connectivity index is 1.91. The number of H-pyrrole nitrogens is 1. The fourth-order valence-electron chi connectivity index (χ4n) is 1.76. The standard InChI is InChI=1S/C11H15N3O5/c1-7-9(11(16)17)12-13-10(7)19-6-8(15)14-2-4-18-5-3-14/h2-6H2,1H3,(H,12,13)(H,16,17). The smallest absolute Gasteiger partial charge is 0.354 e. The van der Waals surface area contributed by atoms with Crippen LogP contribution in [0, 0.1) is 6.92 Å². The molecule has 8 heteroatoms. The van der Waals surface area contributed by atoms with Crippen molar-refractivity contribution in [3.8, 4) is 5.88 Å².